The average molecular weight is 466 g/mol. The van der Waals surface area contributed by atoms with Gasteiger partial charge in [-0.15, -0.1) is 11.2 Å². The molecule has 4 rings (SSSR count). The van der Waals surface area contributed by atoms with Crippen LogP contribution >= 0.6 is 23.2 Å². The van der Waals surface area contributed by atoms with Gasteiger partial charge in [0.15, 0.2) is 5.82 Å². The lowest BCUT2D eigenvalue weighted by Gasteiger charge is -2.13. The van der Waals surface area contributed by atoms with Gasteiger partial charge in [-0.25, -0.2) is 9.37 Å². The summed E-state index contributed by atoms with van der Waals surface area (Å²) in [7, 11) is 0. The normalized spacial score (nSPS) is 10.6. The lowest BCUT2D eigenvalue weighted by molar-refractivity contribution is 0.102. The predicted octanol–water partition coefficient (Wildman–Crippen LogP) is 5.32. The van der Waals surface area contributed by atoms with E-state index in [0.29, 0.717) is 39.3 Å². The van der Waals surface area contributed by atoms with E-state index in [-0.39, 0.29) is 10.0 Å². The van der Waals surface area contributed by atoms with Gasteiger partial charge < -0.3 is 5.32 Å². The van der Waals surface area contributed by atoms with Crippen LogP contribution in [0.5, 0.6) is 0 Å². The first kappa shape index (κ1) is 21.5. The van der Waals surface area contributed by atoms with Gasteiger partial charge in [-0.2, -0.15) is 10.2 Å². The molecule has 0 saturated carbocycles. The van der Waals surface area contributed by atoms with Crippen LogP contribution in [0.4, 0.5) is 10.1 Å². The summed E-state index contributed by atoms with van der Waals surface area (Å²) in [5.74, 6) is 2.07. The quantitative estimate of drug-likeness (QED) is 0.414. The minimum atomic E-state index is -0.449. The maximum atomic E-state index is 13.4. The maximum Gasteiger partial charge on any atom is 0.256 e. The molecule has 0 aliphatic carbocycles. The number of carbonyl (C=O) groups excluding carboxylic acids is 1. The number of aromatic nitrogens is 4. The smallest absolute Gasteiger partial charge is 0.256 e. The Morgan fingerprint density at radius 2 is 1.84 bits per heavy atom. The first-order chi connectivity index (χ1) is 15.4. The molecule has 0 unspecified atom stereocenters. The molecule has 0 spiro atoms. The van der Waals surface area contributed by atoms with Crippen molar-refractivity contribution in [3.63, 3.8) is 0 Å². The highest BCUT2D eigenvalue weighted by Gasteiger charge is 2.17. The highest BCUT2D eigenvalue weighted by molar-refractivity contribution is 6.33. The fourth-order valence-electron chi connectivity index (χ4n) is 3.17. The summed E-state index contributed by atoms with van der Waals surface area (Å²) >= 11 is 12.5. The van der Waals surface area contributed by atoms with Gasteiger partial charge in [0.2, 0.25) is 0 Å². The number of pyridine rings is 1. The SMILES string of the molecule is C#Cc1cc(C(=O)Nc2cnc(-n3nccn3)c(Cl)c2)c(C)cc1-c1ccc(F)cc1Cl. The number of halogens is 3. The van der Waals surface area contributed by atoms with Crippen LogP contribution in [0.15, 0.2) is 55.0 Å². The first-order valence-electron chi connectivity index (χ1n) is 9.27. The monoisotopic (exact) mass is 465 g/mol. The molecule has 1 N–H and O–H groups in total. The third-order valence-corrected chi connectivity index (χ3v) is 5.26. The van der Waals surface area contributed by atoms with E-state index in [1.165, 1.54) is 35.5 Å². The van der Waals surface area contributed by atoms with E-state index in [4.69, 9.17) is 29.6 Å². The summed E-state index contributed by atoms with van der Waals surface area (Å²) in [6.45, 7) is 1.77. The Morgan fingerprint density at radius 3 is 2.50 bits per heavy atom. The number of terminal acetylenes is 1. The molecule has 2 aromatic carbocycles. The zero-order chi connectivity index (χ0) is 22.8. The fraction of sp³-hybridized carbons (Fsp3) is 0.0435. The zero-order valence-electron chi connectivity index (χ0n) is 16.6. The molecule has 1 amide bonds. The molecule has 0 fully saturated rings. The minimum absolute atomic E-state index is 0.227. The van der Waals surface area contributed by atoms with Gasteiger partial charge in [-0.3, -0.25) is 4.79 Å². The molecule has 0 atom stereocenters. The van der Waals surface area contributed by atoms with E-state index in [2.05, 4.69) is 26.4 Å². The van der Waals surface area contributed by atoms with Gasteiger partial charge in [-0.1, -0.05) is 29.1 Å². The third-order valence-electron chi connectivity index (χ3n) is 4.67. The second kappa shape index (κ2) is 8.79. The topological polar surface area (TPSA) is 72.7 Å². The van der Waals surface area contributed by atoms with Crippen LogP contribution in [0.1, 0.15) is 21.5 Å². The summed E-state index contributed by atoms with van der Waals surface area (Å²) in [5, 5.41) is 11.2. The Labute approximate surface area is 193 Å². The number of rotatable bonds is 4. The van der Waals surface area contributed by atoms with Crippen molar-refractivity contribution in [2.75, 3.05) is 5.32 Å². The maximum absolute atomic E-state index is 13.4. The Kier molecular flexibility index (Phi) is 5.91. The molecular formula is C23H14Cl2FN5O. The molecule has 4 aromatic rings. The van der Waals surface area contributed by atoms with E-state index in [1.54, 1.807) is 31.2 Å². The molecule has 0 radical (unpaired) electrons. The summed E-state index contributed by atoms with van der Waals surface area (Å²) in [6.07, 6.45) is 10.1. The van der Waals surface area contributed by atoms with Crippen LogP contribution in [0.3, 0.4) is 0 Å². The molecule has 0 saturated heterocycles. The van der Waals surface area contributed by atoms with Gasteiger partial charge in [0, 0.05) is 16.7 Å². The van der Waals surface area contributed by atoms with Crippen molar-refractivity contribution >= 4 is 34.8 Å². The molecule has 158 valence electrons. The summed E-state index contributed by atoms with van der Waals surface area (Å²) < 4.78 is 13.4. The number of amides is 1. The Bertz CT molecular complexity index is 1380. The Balaban J connectivity index is 1.65. The van der Waals surface area contributed by atoms with E-state index >= 15 is 0 Å². The van der Waals surface area contributed by atoms with Crippen LogP contribution < -0.4 is 5.32 Å². The summed E-state index contributed by atoms with van der Waals surface area (Å²) in [6, 6.07) is 8.96. The van der Waals surface area contributed by atoms with E-state index < -0.39 is 11.7 Å². The Morgan fingerprint density at radius 1 is 1.09 bits per heavy atom. The van der Waals surface area contributed by atoms with E-state index in [1.807, 2.05) is 0 Å². The van der Waals surface area contributed by atoms with Crippen molar-refractivity contribution in [2.24, 2.45) is 0 Å². The zero-order valence-corrected chi connectivity index (χ0v) is 18.1. The number of hydrogen-bond donors (Lipinski definition) is 1. The summed E-state index contributed by atoms with van der Waals surface area (Å²) in [5.41, 5.74) is 3.08. The van der Waals surface area contributed by atoms with Crippen LogP contribution in [0.25, 0.3) is 16.9 Å². The van der Waals surface area contributed by atoms with Gasteiger partial charge in [0.25, 0.3) is 5.91 Å². The number of benzene rings is 2. The van der Waals surface area contributed by atoms with Crippen LogP contribution in [-0.2, 0) is 0 Å². The van der Waals surface area contributed by atoms with Crippen molar-refractivity contribution in [3.05, 3.63) is 87.5 Å². The molecule has 0 aliphatic rings. The number of nitrogens with one attached hydrogen (secondary N) is 1. The second-order valence-corrected chi connectivity index (χ2v) is 7.60. The van der Waals surface area contributed by atoms with Crippen LogP contribution in [-0.4, -0.2) is 25.9 Å². The first-order valence-corrected chi connectivity index (χ1v) is 10.0. The highest BCUT2D eigenvalue weighted by atomic mass is 35.5. The van der Waals surface area contributed by atoms with Gasteiger partial charge >= 0.3 is 0 Å². The molecule has 6 nitrogen and oxygen atoms in total. The number of anilines is 1. The van der Waals surface area contributed by atoms with E-state index in [9.17, 15) is 9.18 Å². The van der Waals surface area contributed by atoms with Crippen molar-refractivity contribution in [1.82, 2.24) is 20.0 Å². The number of hydrogen-bond acceptors (Lipinski definition) is 4. The molecule has 2 aromatic heterocycles. The number of aryl methyl sites for hydroxylation is 1. The molecule has 2 heterocycles. The van der Waals surface area contributed by atoms with Gasteiger partial charge in [0.1, 0.15) is 5.82 Å². The van der Waals surface area contributed by atoms with Gasteiger partial charge in [-0.05, 0) is 54.4 Å². The molecule has 32 heavy (non-hydrogen) atoms. The minimum Gasteiger partial charge on any atom is -0.321 e. The standard InChI is InChI=1S/C23H14Cl2FN5O/c1-3-14-9-18(13(2)8-19(14)17-5-4-15(26)10-20(17)24)23(32)30-16-11-21(25)22(27-12-16)31-28-6-7-29-31/h1,4-12H,2H3,(H,30,32). The van der Waals surface area contributed by atoms with Crippen molar-refractivity contribution in [2.45, 2.75) is 6.92 Å². The lowest BCUT2D eigenvalue weighted by atomic mass is 9.94. The molecular weight excluding hydrogens is 452 g/mol. The van der Waals surface area contributed by atoms with Crippen molar-refractivity contribution in [1.29, 1.82) is 0 Å². The van der Waals surface area contributed by atoms with Gasteiger partial charge in [0.05, 0.1) is 34.3 Å². The predicted molar refractivity (Wildman–Crippen MR) is 122 cm³/mol. The highest BCUT2D eigenvalue weighted by Crippen LogP contribution is 2.33. The molecule has 0 aliphatic heterocycles. The number of nitrogens with zero attached hydrogens (tertiary/aromatic N) is 4. The van der Waals surface area contributed by atoms with Crippen molar-refractivity contribution in [3.8, 4) is 29.3 Å². The lowest BCUT2D eigenvalue weighted by Crippen LogP contribution is -2.14. The van der Waals surface area contributed by atoms with Crippen LogP contribution in [0, 0.1) is 25.1 Å². The molecule has 9 heteroatoms. The number of carbonyl (C=O) groups is 1. The second-order valence-electron chi connectivity index (χ2n) is 6.78. The summed E-state index contributed by atoms with van der Waals surface area (Å²) in [4.78, 5) is 18.4. The van der Waals surface area contributed by atoms with E-state index in [0.717, 1.165) is 0 Å². The largest absolute Gasteiger partial charge is 0.321 e. The Hall–Kier alpha value is -3.73. The third kappa shape index (κ3) is 4.19. The van der Waals surface area contributed by atoms with Crippen molar-refractivity contribution < 1.29 is 9.18 Å². The molecule has 0 bridgehead atoms. The average Bonchev–Trinajstić information content (AvgIpc) is 3.28. The fourth-order valence-corrected chi connectivity index (χ4v) is 3.68. The van der Waals surface area contributed by atoms with Crippen LogP contribution in [0.2, 0.25) is 10.0 Å².